The minimum absolute atomic E-state index is 0.0613. The van der Waals surface area contributed by atoms with Crippen LogP contribution in [0.3, 0.4) is 0 Å². The fourth-order valence-corrected chi connectivity index (χ4v) is 2.15. The predicted octanol–water partition coefficient (Wildman–Crippen LogP) is 2.79. The fourth-order valence-electron chi connectivity index (χ4n) is 2.15. The highest BCUT2D eigenvalue weighted by atomic mass is 16.6. The van der Waals surface area contributed by atoms with Gasteiger partial charge in [0.2, 0.25) is 0 Å². The number of ether oxygens (including phenoxy) is 1. The minimum Gasteiger partial charge on any atom is -0.393 e. The van der Waals surface area contributed by atoms with Gasteiger partial charge in [-0.1, -0.05) is 45.4 Å². The van der Waals surface area contributed by atoms with Gasteiger partial charge in [-0.3, -0.25) is 14.4 Å². The molecular formula is C14H22O4. The second kappa shape index (κ2) is 8.01. The van der Waals surface area contributed by atoms with Crippen molar-refractivity contribution in [1.82, 2.24) is 0 Å². The summed E-state index contributed by atoms with van der Waals surface area (Å²) >= 11 is 0. The van der Waals surface area contributed by atoms with Crippen LogP contribution in [0.1, 0.15) is 64.7 Å². The van der Waals surface area contributed by atoms with E-state index in [4.69, 9.17) is 0 Å². The average Bonchev–Trinajstić information content (AvgIpc) is 2.67. The highest BCUT2D eigenvalue weighted by Crippen LogP contribution is 2.19. The molecule has 4 heteroatoms. The number of carbonyl (C=O) groups is 3. The Morgan fingerprint density at radius 2 is 1.72 bits per heavy atom. The molecule has 1 rings (SSSR count). The molecule has 0 aromatic heterocycles. The summed E-state index contributed by atoms with van der Waals surface area (Å²) in [4.78, 5) is 33.7. The van der Waals surface area contributed by atoms with Crippen LogP contribution in [-0.4, -0.2) is 17.7 Å². The molecule has 18 heavy (non-hydrogen) atoms. The molecule has 1 saturated heterocycles. The van der Waals surface area contributed by atoms with E-state index in [9.17, 15) is 14.4 Å². The molecular weight excluding hydrogens is 232 g/mol. The van der Waals surface area contributed by atoms with Gasteiger partial charge in [0.05, 0.1) is 6.42 Å². The normalized spacial score (nSPS) is 19.1. The topological polar surface area (TPSA) is 60.4 Å². The molecule has 0 saturated carbocycles. The van der Waals surface area contributed by atoms with Crippen LogP contribution in [0, 0.1) is 5.92 Å². The van der Waals surface area contributed by atoms with Gasteiger partial charge < -0.3 is 4.74 Å². The highest BCUT2D eigenvalue weighted by molar-refractivity contribution is 6.08. The Morgan fingerprint density at radius 3 is 2.28 bits per heavy atom. The van der Waals surface area contributed by atoms with Crippen molar-refractivity contribution in [2.24, 2.45) is 5.92 Å². The lowest BCUT2D eigenvalue weighted by molar-refractivity contribution is -0.153. The molecule has 4 nitrogen and oxygen atoms in total. The van der Waals surface area contributed by atoms with Crippen molar-refractivity contribution in [3.05, 3.63) is 0 Å². The predicted molar refractivity (Wildman–Crippen MR) is 66.8 cm³/mol. The maximum Gasteiger partial charge on any atom is 0.324 e. The van der Waals surface area contributed by atoms with E-state index < -0.39 is 17.9 Å². The summed E-state index contributed by atoms with van der Waals surface area (Å²) in [6, 6.07) is 0. The molecule has 1 aliphatic heterocycles. The second-order valence-corrected chi connectivity index (χ2v) is 4.89. The number of cyclic esters (lactones) is 2. The largest absolute Gasteiger partial charge is 0.393 e. The lowest BCUT2D eigenvalue weighted by Gasteiger charge is -2.04. The number of carbonyl (C=O) groups excluding carboxylic acids is 3. The van der Waals surface area contributed by atoms with Crippen LogP contribution in [0.2, 0.25) is 0 Å². The number of ketones is 1. The Labute approximate surface area is 108 Å². The standard InChI is InChI=1S/C14H22O4/c1-2-3-4-5-6-7-8-9-12(15)11-10-13(16)18-14(11)17/h11H,2-10H2,1H3. The molecule has 1 heterocycles. The molecule has 102 valence electrons. The summed E-state index contributed by atoms with van der Waals surface area (Å²) < 4.78 is 4.37. The zero-order chi connectivity index (χ0) is 13.4. The maximum absolute atomic E-state index is 11.7. The van der Waals surface area contributed by atoms with E-state index in [0.29, 0.717) is 6.42 Å². The third-order valence-corrected chi connectivity index (χ3v) is 3.29. The second-order valence-electron chi connectivity index (χ2n) is 4.89. The van der Waals surface area contributed by atoms with Crippen LogP contribution in [0.4, 0.5) is 0 Å². The van der Waals surface area contributed by atoms with Crippen LogP contribution in [0.15, 0.2) is 0 Å². The average molecular weight is 254 g/mol. The monoisotopic (exact) mass is 254 g/mol. The van der Waals surface area contributed by atoms with Gasteiger partial charge in [-0.2, -0.15) is 0 Å². The molecule has 1 unspecified atom stereocenters. The third-order valence-electron chi connectivity index (χ3n) is 3.29. The minimum atomic E-state index is -0.822. The van der Waals surface area contributed by atoms with Gasteiger partial charge in [0, 0.05) is 6.42 Å². The van der Waals surface area contributed by atoms with E-state index in [2.05, 4.69) is 11.7 Å². The van der Waals surface area contributed by atoms with Gasteiger partial charge in [-0.25, -0.2) is 0 Å². The van der Waals surface area contributed by atoms with Crippen molar-refractivity contribution < 1.29 is 19.1 Å². The van der Waals surface area contributed by atoms with E-state index in [1.165, 1.54) is 25.7 Å². The first kappa shape index (κ1) is 14.9. The first-order valence-electron chi connectivity index (χ1n) is 6.92. The molecule has 0 amide bonds. The van der Waals surface area contributed by atoms with E-state index in [1.807, 2.05) is 0 Å². The van der Waals surface area contributed by atoms with Crippen LogP contribution >= 0.6 is 0 Å². The van der Waals surface area contributed by atoms with E-state index >= 15 is 0 Å². The molecule has 0 aromatic carbocycles. The number of rotatable bonds is 9. The SMILES string of the molecule is CCCCCCCCCC(=O)C1CC(=O)OC1=O. The molecule has 0 N–H and O–H groups in total. The number of esters is 2. The van der Waals surface area contributed by atoms with Crippen LogP contribution in [0.25, 0.3) is 0 Å². The van der Waals surface area contributed by atoms with Crippen LogP contribution < -0.4 is 0 Å². The number of Topliss-reactive ketones (excluding diaryl/α,β-unsaturated/α-hetero) is 1. The summed E-state index contributed by atoms with van der Waals surface area (Å²) in [5.74, 6) is -2.19. The van der Waals surface area contributed by atoms with Gasteiger partial charge >= 0.3 is 11.9 Å². The quantitative estimate of drug-likeness (QED) is 0.360. The summed E-state index contributed by atoms with van der Waals surface area (Å²) in [6.07, 6.45) is 8.27. The Balaban J connectivity index is 2.07. The Morgan fingerprint density at radius 1 is 1.11 bits per heavy atom. The summed E-state index contributed by atoms with van der Waals surface area (Å²) in [6.45, 7) is 2.18. The molecule has 0 bridgehead atoms. The first-order chi connectivity index (χ1) is 8.65. The zero-order valence-electron chi connectivity index (χ0n) is 11.1. The lowest BCUT2D eigenvalue weighted by atomic mass is 9.97. The van der Waals surface area contributed by atoms with Crippen molar-refractivity contribution in [3.63, 3.8) is 0 Å². The van der Waals surface area contributed by atoms with Gasteiger partial charge in [0.1, 0.15) is 11.7 Å². The van der Waals surface area contributed by atoms with Crippen molar-refractivity contribution in [3.8, 4) is 0 Å². The lowest BCUT2D eigenvalue weighted by Crippen LogP contribution is -2.18. The third kappa shape index (κ3) is 4.98. The van der Waals surface area contributed by atoms with E-state index in [-0.39, 0.29) is 12.2 Å². The summed E-state index contributed by atoms with van der Waals surface area (Å²) in [5.41, 5.74) is 0. The van der Waals surface area contributed by atoms with Gasteiger partial charge in [0.15, 0.2) is 0 Å². The Hall–Kier alpha value is -1.19. The van der Waals surface area contributed by atoms with E-state index in [0.717, 1.165) is 19.3 Å². The van der Waals surface area contributed by atoms with Gasteiger partial charge in [0.25, 0.3) is 0 Å². The Bertz CT molecular complexity index is 309. The van der Waals surface area contributed by atoms with Crippen LogP contribution in [0.5, 0.6) is 0 Å². The Kier molecular flexibility index (Phi) is 6.61. The molecule has 0 aromatic rings. The van der Waals surface area contributed by atoms with Crippen molar-refractivity contribution >= 4 is 17.7 Å². The van der Waals surface area contributed by atoms with Crippen molar-refractivity contribution in [1.29, 1.82) is 0 Å². The molecule has 0 spiro atoms. The smallest absolute Gasteiger partial charge is 0.324 e. The van der Waals surface area contributed by atoms with E-state index in [1.54, 1.807) is 0 Å². The number of hydrogen-bond donors (Lipinski definition) is 0. The fraction of sp³-hybridized carbons (Fsp3) is 0.786. The van der Waals surface area contributed by atoms with Gasteiger partial charge in [-0.15, -0.1) is 0 Å². The first-order valence-corrected chi connectivity index (χ1v) is 6.92. The molecule has 0 aliphatic carbocycles. The number of hydrogen-bond acceptors (Lipinski definition) is 4. The molecule has 0 radical (unpaired) electrons. The maximum atomic E-state index is 11.7. The van der Waals surface area contributed by atoms with Crippen molar-refractivity contribution in [2.45, 2.75) is 64.7 Å². The highest BCUT2D eigenvalue weighted by Gasteiger charge is 2.38. The number of unbranched alkanes of at least 4 members (excludes halogenated alkanes) is 6. The zero-order valence-corrected chi connectivity index (χ0v) is 11.1. The summed E-state index contributed by atoms with van der Waals surface area (Å²) in [7, 11) is 0. The van der Waals surface area contributed by atoms with Crippen molar-refractivity contribution in [2.75, 3.05) is 0 Å². The molecule has 1 aliphatic rings. The van der Waals surface area contributed by atoms with Gasteiger partial charge in [-0.05, 0) is 6.42 Å². The van der Waals surface area contributed by atoms with Crippen LogP contribution in [-0.2, 0) is 19.1 Å². The molecule has 1 atom stereocenters. The molecule has 1 fully saturated rings. The summed E-state index contributed by atoms with van der Waals surface area (Å²) in [5, 5.41) is 0.